The Morgan fingerprint density at radius 1 is 1.36 bits per heavy atom. The summed E-state index contributed by atoms with van der Waals surface area (Å²) >= 11 is 0. The Morgan fingerprint density at radius 2 is 2.00 bits per heavy atom. The van der Waals surface area contributed by atoms with Gasteiger partial charge in [-0.05, 0) is 57.5 Å². The van der Waals surface area contributed by atoms with Gasteiger partial charge >= 0.3 is 11.9 Å². The number of sulfone groups is 1. The fourth-order valence-electron chi connectivity index (χ4n) is 3.22. The molecule has 8 heteroatoms. The van der Waals surface area contributed by atoms with Gasteiger partial charge < -0.3 is 15.2 Å². The first-order valence-electron chi connectivity index (χ1n) is 8.00. The molecule has 0 saturated carbocycles. The number of carboxylic acid groups (broad SMARTS) is 1. The van der Waals surface area contributed by atoms with Crippen molar-refractivity contribution in [3.05, 3.63) is 29.3 Å². The smallest absolute Gasteiger partial charge is 0.337 e. The second-order valence-electron chi connectivity index (χ2n) is 6.60. The topological polar surface area (TPSA) is 110 Å². The van der Waals surface area contributed by atoms with Crippen molar-refractivity contribution in [2.24, 2.45) is 5.92 Å². The van der Waals surface area contributed by atoms with E-state index < -0.39 is 38.5 Å². The van der Waals surface area contributed by atoms with Gasteiger partial charge in [0.25, 0.3) is 0 Å². The molecule has 25 heavy (non-hydrogen) atoms. The van der Waals surface area contributed by atoms with E-state index in [-0.39, 0.29) is 16.0 Å². The highest BCUT2D eigenvalue weighted by molar-refractivity contribution is 7.92. The largest absolute Gasteiger partial charge is 0.481 e. The summed E-state index contributed by atoms with van der Waals surface area (Å²) in [6.45, 7) is 5.23. The number of methoxy groups -OCH3 is 1. The Morgan fingerprint density at radius 3 is 2.52 bits per heavy atom. The van der Waals surface area contributed by atoms with Crippen LogP contribution in [0, 0.1) is 5.92 Å². The van der Waals surface area contributed by atoms with E-state index in [4.69, 9.17) is 4.74 Å². The lowest BCUT2D eigenvalue weighted by Gasteiger charge is -2.32. The van der Waals surface area contributed by atoms with Crippen LogP contribution in [0.15, 0.2) is 23.1 Å². The van der Waals surface area contributed by atoms with E-state index in [1.54, 1.807) is 20.8 Å². The molecule has 1 aromatic rings. The first kappa shape index (κ1) is 19.4. The number of ether oxygens (including phenoxy) is 1. The van der Waals surface area contributed by atoms with Gasteiger partial charge in [-0.15, -0.1) is 0 Å². The molecule has 2 atom stereocenters. The second-order valence-corrected chi connectivity index (χ2v) is 9.08. The van der Waals surface area contributed by atoms with Crippen molar-refractivity contribution in [3.8, 4) is 0 Å². The maximum Gasteiger partial charge on any atom is 0.337 e. The maximum absolute atomic E-state index is 12.8. The van der Waals surface area contributed by atoms with Crippen molar-refractivity contribution < 1.29 is 27.9 Å². The quantitative estimate of drug-likeness (QED) is 0.758. The van der Waals surface area contributed by atoms with Gasteiger partial charge in [0.05, 0.1) is 34.3 Å². The van der Waals surface area contributed by atoms with E-state index in [1.807, 2.05) is 0 Å². The highest BCUT2D eigenvalue weighted by Gasteiger charge is 2.47. The summed E-state index contributed by atoms with van der Waals surface area (Å²) in [6.07, 6.45) is 0.370. The molecule has 0 amide bonds. The van der Waals surface area contributed by atoms with Crippen LogP contribution in [0.5, 0.6) is 0 Å². The monoisotopic (exact) mass is 369 g/mol. The number of carbonyl (C=O) groups is 2. The van der Waals surface area contributed by atoms with Crippen LogP contribution >= 0.6 is 0 Å². The molecule has 1 saturated heterocycles. The van der Waals surface area contributed by atoms with Crippen LogP contribution in [0.3, 0.4) is 0 Å². The minimum absolute atomic E-state index is 0.0401. The number of rotatable bonds is 5. The molecule has 0 spiro atoms. The molecule has 1 aromatic carbocycles. The Bertz CT molecular complexity index is 801. The third-order valence-electron chi connectivity index (χ3n) is 4.81. The van der Waals surface area contributed by atoms with Gasteiger partial charge in [0.1, 0.15) is 0 Å². The van der Waals surface area contributed by atoms with Crippen molar-refractivity contribution in [2.45, 2.75) is 42.9 Å². The minimum Gasteiger partial charge on any atom is -0.481 e. The number of hydrogen-bond donors (Lipinski definition) is 2. The zero-order chi connectivity index (χ0) is 19.0. The molecule has 2 rings (SSSR count). The molecular formula is C17H23NO6S. The average molecular weight is 369 g/mol. The van der Waals surface area contributed by atoms with Gasteiger partial charge in [0.2, 0.25) is 0 Å². The molecule has 0 radical (unpaired) electrons. The van der Waals surface area contributed by atoms with E-state index in [1.165, 1.54) is 25.3 Å². The first-order chi connectivity index (χ1) is 11.6. The highest BCUT2D eigenvalue weighted by Crippen LogP contribution is 2.40. The number of carbonyl (C=O) groups excluding carboxylic acids is 1. The zero-order valence-corrected chi connectivity index (χ0v) is 15.5. The third kappa shape index (κ3) is 3.28. The van der Waals surface area contributed by atoms with Crippen LogP contribution in [0.25, 0.3) is 0 Å². The van der Waals surface area contributed by atoms with E-state index in [0.717, 1.165) is 0 Å². The van der Waals surface area contributed by atoms with E-state index in [2.05, 4.69) is 5.32 Å². The molecule has 0 aromatic heterocycles. The van der Waals surface area contributed by atoms with Crippen LogP contribution in [0.4, 0.5) is 0 Å². The van der Waals surface area contributed by atoms with Crippen molar-refractivity contribution >= 4 is 21.8 Å². The van der Waals surface area contributed by atoms with Crippen molar-refractivity contribution in [1.29, 1.82) is 0 Å². The molecule has 2 N–H and O–H groups in total. The molecule has 1 aliphatic heterocycles. The number of aliphatic carboxylic acids is 1. The summed E-state index contributed by atoms with van der Waals surface area (Å²) in [4.78, 5) is 23.6. The van der Waals surface area contributed by atoms with Gasteiger partial charge in [0.15, 0.2) is 9.84 Å². The van der Waals surface area contributed by atoms with Gasteiger partial charge in [-0.3, -0.25) is 4.79 Å². The fourth-order valence-corrected chi connectivity index (χ4v) is 4.57. The van der Waals surface area contributed by atoms with Crippen LogP contribution in [-0.2, 0) is 24.9 Å². The molecular weight excluding hydrogens is 346 g/mol. The molecule has 1 heterocycles. The molecule has 0 bridgehead atoms. The van der Waals surface area contributed by atoms with Crippen LogP contribution in [0.2, 0.25) is 0 Å². The standard InChI is InChI=1S/C17H23NO6S/c1-10(2)25(22,23)14-6-5-11(16(21)24-4)9-13(14)17(3)12(15(19)20)7-8-18-17/h5-6,9-10,12,18H,7-8H2,1-4H3,(H,19,20). The lowest BCUT2D eigenvalue weighted by molar-refractivity contribution is -0.143. The molecule has 138 valence electrons. The first-order valence-corrected chi connectivity index (χ1v) is 9.55. The van der Waals surface area contributed by atoms with Crippen molar-refractivity contribution in [2.75, 3.05) is 13.7 Å². The number of hydrogen-bond acceptors (Lipinski definition) is 6. The summed E-state index contributed by atoms with van der Waals surface area (Å²) in [5.74, 6) is -2.42. The predicted molar refractivity (Wildman–Crippen MR) is 91.2 cm³/mol. The van der Waals surface area contributed by atoms with Crippen LogP contribution in [-0.4, -0.2) is 44.4 Å². The lowest BCUT2D eigenvalue weighted by atomic mass is 9.80. The number of benzene rings is 1. The van der Waals surface area contributed by atoms with E-state index in [0.29, 0.717) is 13.0 Å². The summed E-state index contributed by atoms with van der Waals surface area (Å²) in [5, 5.41) is 12.0. The summed E-state index contributed by atoms with van der Waals surface area (Å²) in [7, 11) is -2.43. The normalized spacial score (nSPS) is 23.6. The van der Waals surface area contributed by atoms with E-state index in [9.17, 15) is 23.1 Å². The molecule has 0 aliphatic carbocycles. The van der Waals surface area contributed by atoms with Crippen molar-refractivity contribution in [1.82, 2.24) is 5.32 Å². The zero-order valence-electron chi connectivity index (χ0n) is 14.7. The Hall–Kier alpha value is -1.93. The molecule has 1 aliphatic rings. The molecule has 7 nitrogen and oxygen atoms in total. The number of nitrogens with one attached hydrogen (secondary N) is 1. The van der Waals surface area contributed by atoms with Gasteiger partial charge in [-0.2, -0.15) is 0 Å². The van der Waals surface area contributed by atoms with Gasteiger partial charge in [0, 0.05) is 0 Å². The molecule has 1 fully saturated rings. The van der Waals surface area contributed by atoms with Crippen LogP contribution in [0.1, 0.15) is 43.1 Å². The minimum atomic E-state index is -3.67. The number of esters is 1. The number of carboxylic acids is 1. The SMILES string of the molecule is COC(=O)c1ccc(S(=O)(=O)C(C)C)c(C2(C)NCCC2C(=O)O)c1. The third-order valence-corrected chi connectivity index (χ3v) is 7.02. The summed E-state index contributed by atoms with van der Waals surface area (Å²) in [6, 6.07) is 4.18. The Balaban J connectivity index is 2.76. The highest BCUT2D eigenvalue weighted by atomic mass is 32.2. The van der Waals surface area contributed by atoms with Gasteiger partial charge in [-0.1, -0.05) is 0 Å². The fraction of sp³-hybridized carbons (Fsp3) is 0.529. The molecule has 2 unspecified atom stereocenters. The summed E-state index contributed by atoms with van der Waals surface area (Å²) in [5.41, 5.74) is -0.638. The second kappa shape index (κ2) is 6.76. The Labute approximate surface area is 147 Å². The van der Waals surface area contributed by atoms with E-state index >= 15 is 0 Å². The van der Waals surface area contributed by atoms with Crippen LogP contribution < -0.4 is 5.32 Å². The van der Waals surface area contributed by atoms with Crippen molar-refractivity contribution in [3.63, 3.8) is 0 Å². The summed E-state index contributed by atoms with van der Waals surface area (Å²) < 4.78 is 30.3. The predicted octanol–water partition coefficient (Wildman–Crippen LogP) is 1.56. The maximum atomic E-state index is 12.8. The average Bonchev–Trinajstić information content (AvgIpc) is 2.96. The Kier molecular flexibility index (Phi) is 5.24. The van der Waals surface area contributed by atoms with Gasteiger partial charge in [-0.25, -0.2) is 13.2 Å². The lowest BCUT2D eigenvalue weighted by Crippen LogP contribution is -2.43.